The van der Waals surface area contributed by atoms with E-state index >= 15 is 0 Å². The minimum atomic E-state index is -1.48. The molecule has 1 aliphatic heterocycles. The summed E-state index contributed by atoms with van der Waals surface area (Å²) < 4.78 is 24.4. The Morgan fingerprint density at radius 1 is 1.55 bits per heavy atom. The molecule has 0 spiro atoms. The van der Waals surface area contributed by atoms with Crippen molar-refractivity contribution in [3.05, 3.63) is 16.3 Å². The number of hydrogen-bond acceptors (Lipinski definition) is 6. The van der Waals surface area contributed by atoms with Gasteiger partial charge in [0, 0.05) is 0 Å². The molecule has 0 bridgehead atoms. The molecule has 2 heterocycles. The molecule has 10 heteroatoms. The maximum Gasteiger partial charge on any atom is 0.410 e. The fraction of sp³-hybridized carbons (Fsp3) is 0.667. The van der Waals surface area contributed by atoms with Gasteiger partial charge in [0.05, 0.1) is 18.0 Å². The number of nitrogens with zero attached hydrogens (tertiary/aromatic N) is 3. The van der Waals surface area contributed by atoms with Gasteiger partial charge in [-0.2, -0.15) is 5.10 Å². The summed E-state index contributed by atoms with van der Waals surface area (Å²) in [5.74, 6) is -0.233. The summed E-state index contributed by atoms with van der Waals surface area (Å²) in [5.41, 5.74) is -1.08. The number of H-pyrrole nitrogens is 1. The van der Waals surface area contributed by atoms with Gasteiger partial charge < -0.3 is 14.4 Å². The average molecular weight is 316 g/mol. The van der Waals surface area contributed by atoms with E-state index in [1.807, 2.05) is 0 Å². The zero-order valence-electron chi connectivity index (χ0n) is 12.4. The number of likely N-dealkylation sites (tertiary alicyclic amines) is 1. The predicted octanol–water partition coefficient (Wildman–Crippen LogP) is 1.65. The van der Waals surface area contributed by atoms with Gasteiger partial charge >= 0.3 is 11.8 Å². The Bertz CT molecular complexity index is 570. The van der Waals surface area contributed by atoms with Crippen molar-refractivity contribution in [3.63, 3.8) is 0 Å². The lowest BCUT2D eigenvalue weighted by Crippen LogP contribution is -2.36. The maximum absolute atomic E-state index is 14.0. The minimum absolute atomic E-state index is 0.0632. The number of rotatable bonds is 3. The lowest BCUT2D eigenvalue weighted by Gasteiger charge is -2.24. The summed E-state index contributed by atoms with van der Waals surface area (Å²) in [6, 6.07) is 0. The Balaban J connectivity index is 2.01. The van der Waals surface area contributed by atoms with Crippen LogP contribution in [0.15, 0.2) is 6.20 Å². The van der Waals surface area contributed by atoms with Crippen LogP contribution in [0.2, 0.25) is 0 Å². The minimum Gasteiger partial charge on any atom is -0.465 e. The number of aromatic nitrogens is 2. The van der Waals surface area contributed by atoms with Gasteiger partial charge in [-0.1, -0.05) is 0 Å². The van der Waals surface area contributed by atoms with Crippen molar-refractivity contribution in [3.8, 4) is 5.88 Å². The van der Waals surface area contributed by atoms with Crippen LogP contribution in [0.4, 0.5) is 14.9 Å². The van der Waals surface area contributed by atoms with Crippen molar-refractivity contribution in [1.29, 1.82) is 0 Å². The van der Waals surface area contributed by atoms with Gasteiger partial charge in [0.1, 0.15) is 11.8 Å². The highest BCUT2D eigenvalue weighted by Crippen LogP contribution is 2.27. The van der Waals surface area contributed by atoms with E-state index in [-0.39, 0.29) is 24.7 Å². The van der Waals surface area contributed by atoms with Crippen LogP contribution in [-0.4, -0.2) is 57.1 Å². The summed E-state index contributed by atoms with van der Waals surface area (Å²) in [7, 11) is 0. The summed E-state index contributed by atoms with van der Waals surface area (Å²) in [6.45, 7) is 4.86. The highest BCUT2D eigenvalue weighted by Gasteiger charge is 2.40. The third-order valence-electron chi connectivity index (χ3n) is 2.90. The first kappa shape index (κ1) is 16.0. The molecule has 1 aromatic rings. The first-order valence-electron chi connectivity index (χ1n) is 6.64. The molecule has 1 amide bonds. The highest BCUT2D eigenvalue weighted by molar-refractivity contribution is 5.68. The van der Waals surface area contributed by atoms with Crippen molar-refractivity contribution in [2.75, 3.05) is 13.1 Å². The Morgan fingerprint density at radius 3 is 2.82 bits per heavy atom. The van der Waals surface area contributed by atoms with E-state index < -0.39 is 28.9 Å². The lowest BCUT2D eigenvalue weighted by molar-refractivity contribution is -0.386. The van der Waals surface area contributed by atoms with Crippen LogP contribution in [0.5, 0.6) is 5.88 Å². The maximum atomic E-state index is 14.0. The lowest BCUT2D eigenvalue weighted by atomic mass is 10.2. The van der Waals surface area contributed by atoms with Crippen LogP contribution in [0.1, 0.15) is 20.8 Å². The summed E-state index contributed by atoms with van der Waals surface area (Å²) >= 11 is 0. The van der Waals surface area contributed by atoms with E-state index in [9.17, 15) is 19.3 Å². The standard InChI is InChI=1S/C12H17FN4O5/c1-12(2,3)22-11(18)16-5-7(13)9(6-16)21-10-8(17(19)20)4-14-15-10/h4,7,9H,5-6H2,1-3H3,(H,14,15). The summed E-state index contributed by atoms with van der Waals surface area (Å²) in [4.78, 5) is 23.1. The molecule has 2 atom stereocenters. The molecule has 1 N–H and O–H groups in total. The van der Waals surface area contributed by atoms with Gasteiger partial charge in [0.2, 0.25) is 0 Å². The topological polar surface area (TPSA) is 111 Å². The molecule has 1 saturated heterocycles. The average Bonchev–Trinajstić information content (AvgIpc) is 2.95. The number of carbonyl (C=O) groups excluding carboxylic acids is 1. The third-order valence-corrected chi connectivity index (χ3v) is 2.90. The Kier molecular flexibility index (Phi) is 4.20. The summed E-state index contributed by atoms with van der Waals surface area (Å²) in [6.07, 6.45) is -2.18. The molecular weight excluding hydrogens is 299 g/mol. The van der Waals surface area contributed by atoms with Crippen molar-refractivity contribution >= 4 is 11.8 Å². The fourth-order valence-corrected chi connectivity index (χ4v) is 1.96. The third kappa shape index (κ3) is 3.62. The van der Waals surface area contributed by atoms with Crippen LogP contribution in [0.3, 0.4) is 0 Å². The zero-order valence-corrected chi connectivity index (χ0v) is 12.4. The van der Waals surface area contributed by atoms with Gasteiger partial charge in [0.25, 0.3) is 5.88 Å². The van der Waals surface area contributed by atoms with Crippen molar-refractivity contribution < 1.29 is 23.6 Å². The summed E-state index contributed by atoms with van der Waals surface area (Å²) in [5, 5.41) is 16.6. The van der Waals surface area contributed by atoms with Gasteiger partial charge in [-0.15, -0.1) is 0 Å². The van der Waals surface area contributed by atoms with E-state index in [0.717, 1.165) is 6.20 Å². The van der Waals surface area contributed by atoms with Crippen LogP contribution in [-0.2, 0) is 4.74 Å². The highest BCUT2D eigenvalue weighted by atomic mass is 19.1. The van der Waals surface area contributed by atoms with E-state index in [1.54, 1.807) is 20.8 Å². The van der Waals surface area contributed by atoms with E-state index in [0.29, 0.717) is 0 Å². The molecule has 0 saturated carbocycles. The largest absolute Gasteiger partial charge is 0.465 e. The molecule has 2 rings (SSSR count). The van der Waals surface area contributed by atoms with Crippen molar-refractivity contribution in [2.45, 2.75) is 38.6 Å². The van der Waals surface area contributed by atoms with Crippen molar-refractivity contribution in [2.24, 2.45) is 0 Å². The quantitative estimate of drug-likeness (QED) is 0.670. The SMILES string of the molecule is CC(C)(C)OC(=O)N1CC(F)C(Oc2[nH]ncc2[N+](=O)[O-])C1. The first-order chi connectivity index (χ1) is 10.2. The monoisotopic (exact) mass is 316 g/mol. The number of nitro groups is 1. The molecule has 122 valence electrons. The molecule has 0 radical (unpaired) electrons. The van der Waals surface area contributed by atoms with Crippen LogP contribution < -0.4 is 4.74 Å². The predicted molar refractivity (Wildman–Crippen MR) is 72.4 cm³/mol. The van der Waals surface area contributed by atoms with Crippen LogP contribution in [0, 0.1) is 10.1 Å². The fourth-order valence-electron chi connectivity index (χ4n) is 1.96. The molecule has 2 unspecified atom stereocenters. The smallest absolute Gasteiger partial charge is 0.410 e. The van der Waals surface area contributed by atoms with E-state index in [2.05, 4.69) is 10.2 Å². The molecule has 22 heavy (non-hydrogen) atoms. The van der Waals surface area contributed by atoms with Crippen LogP contribution in [0.25, 0.3) is 0 Å². The Labute approximate surface area is 125 Å². The Hall–Kier alpha value is -2.39. The molecule has 1 aromatic heterocycles. The molecular formula is C12H17FN4O5. The number of amides is 1. The van der Waals surface area contributed by atoms with Crippen molar-refractivity contribution in [1.82, 2.24) is 15.1 Å². The molecule has 1 fully saturated rings. The van der Waals surface area contributed by atoms with Gasteiger partial charge in [-0.25, -0.2) is 14.3 Å². The second-order valence-corrected chi connectivity index (χ2v) is 5.90. The number of halogens is 1. The molecule has 0 aliphatic carbocycles. The second kappa shape index (κ2) is 5.78. The number of nitrogens with one attached hydrogen (secondary N) is 1. The second-order valence-electron chi connectivity index (χ2n) is 5.90. The molecule has 9 nitrogen and oxygen atoms in total. The van der Waals surface area contributed by atoms with E-state index in [1.165, 1.54) is 4.90 Å². The zero-order chi connectivity index (χ0) is 16.5. The van der Waals surface area contributed by atoms with Gasteiger partial charge in [0.15, 0.2) is 12.3 Å². The molecule has 0 aromatic carbocycles. The van der Waals surface area contributed by atoms with E-state index in [4.69, 9.17) is 9.47 Å². The normalized spacial score (nSPS) is 21.7. The number of hydrogen-bond donors (Lipinski definition) is 1. The van der Waals surface area contributed by atoms with Gasteiger partial charge in [-0.3, -0.25) is 10.1 Å². The first-order valence-corrected chi connectivity index (χ1v) is 6.64. The number of ether oxygens (including phenoxy) is 2. The number of carbonyl (C=O) groups is 1. The molecule has 1 aliphatic rings. The van der Waals surface area contributed by atoms with Gasteiger partial charge in [-0.05, 0) is 20.8 Å². The number of alkyl halides is 1. The Morgan fingerprint density at radius 2 is 2.23 bits per heavy atom. The number of aromatic amines is 1. The van der Waals surface area contributed by atoms with Crippen LogP contribution >= 0.6 is 0 Å².